The van der Waals surface area contributed by atoms with Gasteiger partial charge in [0.2, 0.25) is 0 Å². The van der Waals surface area contributed by atoms with Crippen molar-refractivity contribution >= 4 is 5.43 Å². The summed E-state index contributed by atoms with van der Waals surface area (Å²) in [6.07, 6.45) is 16.8. The van der Waals surface area contributed by atoms with Crippen LogP contribution in [-0.2, 0) is 29.8 Å². The van der Waals surface area contributed by atoms with Crippen LogP contribution in [0.15, 0.2) is 60.7 Å². The fourth-order valence-corrected chi connectivity index (χ4v) is 7.66. The predicted octanol–water partition coefficient (Wildman–Crippen LogP) is 1.50. The van der Waals surface area contributed by atoms with E-state index in [1.54, 1.807) is 12.1 Å². The molecule has 0 heterocycles. The molecule has 0 aromatic heterocycles. The molecule has 0 nitrogen and oxygen atoms in total. The van der Waals surface area contributed by atoms with Crippen LogP contribution in [0.4, 0.5) is 0 Å². The maximum Gasteiger partial charge on any atom is -0.0253 e. The molecule has 0 fully saturated rings. The van der Waals surface area contributed by atoms with Gasteiger partial charge in [0.1, 0.15) is 0 Å². The second kappa shape index (κ2) is 18.2. The molecular weight excluding hydrogens is 503 g/mol. The summed E-state index contributed by atoms with van der Waals surface area (Å²) in [6, 6.07) is 21.3. The minimum Gasteiger partial charge on any atom is -1.00 e. The zero-order chi connectivity index (χ0) is 20.0. The van der Waals surface area contributed by atoms with Crippen LogP contribution in [-0.4, -0.2) is 5.43 Å². The maximum absolute atomic E-state index is 3.30. The predicted molar refractivity (Wildman–Crippen MR) is 120 cm³/mol. The van der Waals surface area contributed by atoms with Gasteiger partial charge in [0.25, 0.3) is 0 Å². The quantitative estimate of drug-likeness (QED) is 0.332. The van der Waals surface area contributed by atoms with Crippen LogP contribution in [0.3, 0.4) is 0 Å². The molecule has 0 spiro atoms. The van der Waals surface area contributed by atoms with Crippen molar-refractivity contribution < 1.29 is 48.1 Å². The van der Waals surface area contributed by atoms with E-state index >= 15 is 0 Å². The van der Waals surface area contributed by atoms with E-state index in [-0.39, 0.29) is 30.2 Å². The molecule has 2 aliphatic rings. The molecule has 0 radical (unpaired) electrons. The van der Waals surface area contributed by atoms with Gasteiger partial charge < -0.3 is 24.8 Å². The third-order valence-corrected chi connectivity index (χ3v) is 10.5. The molecule has 0 unspecified atom stereocenters. The number of rotatable bonds is 6. The van der Waals surface area contributed by atoms with Crippen LogP contribution in [0.2, 0.25) is 12.1 Å². The van der Waals surface area contributed by atoms with Crippen molar-refractivity contribution in [2.75, 3.05) is 0 Å². The zero-order valence-corrected chi connectivity index (χ0v) is 23.2. The first-order chi connectivity index (χ1) is 13.8. The number of unbranched alkanes of at least 4 members (excludes halogenated alkanes) is 2. The fraction of sp³-hybridized carbons (Fsp3) is 0.385. The van der Waals surface area contributed by atoms with Crippen molar-refractivity contribution in [3.63, 3.8) is 0 Å². The number of hydrogen-bond donors (Lipinski definition) is 0. The molecule has 160 valence electrons. The monoisotopic (exact) mass is 532 g/mol. The van der Waals surface area contributed by atoms with E-state index in [0.717, 1.165) is 12.8 Å². The van der Waals surface area contributed by atoms with E-state index in [1.807, 2.05) is 41.6 Å². The number of halogens is 2. The SMILES string of the molecule is CCCC[Si](=[Zr+2])CCCC.[C-]1=CC=CC1.[Cl-].[Cl-].[c-]1cccc2c1Cc1ccccc1-2. The summed E-state index contributed by atoms with van der Waals surface area (Å²) < 4.78 is 0. The normalized spacial score (nSPS) is 11.6. The summed E-state index contributed by atoms with van der Waals surface area (Å²) in [5.41, 5.74) is 5.69. The Morgan fingerprint density at radius 1 is 0.933 bits per heavy atom. The van der Waals surface area contributed by atoms with Crippen LogP contribution >= 0.6 is 0 Å². The number of allylic oxidation sites excluding steroid dienone is 4. The molecule has 0 saturated heterocycles. The fourth-order valence-electron chi connectivity index (χ4n) is 3.24. The molecule has 0 amide bonds. The van der Waals surface area contributed by atoms with Crippen molar-refractivity contribution in [3.8, 4) is 11.1 Å². The van der Waals surface area contributed by atoms with Crippen LogP contribution in [0.5, 0.6) is 0 Å². The van der Waals surface area contributed by atoms with Crippen molar-refractivity contribution in [1.82, 2.24) is 0 Å². The summed E-state index contributed by atoms with van der Waals surface area (Å²) in [7, 11) is 0. The smallest absolute Gasteiger partial charge is 0.0253 e. The average Bonchev–Trinajstić information content (AvgIpc) is 3.42. The van der Waals surface area contributed by atoms with Gasteiger partial charge in [-0.25, -0.2) is 12.2 Å². The Kier molecular flexibility index (Phi) is 18.0. The summed E-state index contributed by atoms with van der Waals surface area (Å²) in [5, 5.41) is 0. The first kappa shape index (κ1) is 29.6. The summed E-state index contributed by atoms with van der Waals surface area (Å²) in [6.45, 7) is 4.59. The van der Waals surface area contributed by atoms with Crippen LogP contribution < -0.4 is 24.8 Å². The largest absolute Gasteiger partial charge is 1.00 e. The molecule has 0 bridgehead atoms. The standard InChI is InChI=1S/C13H9.C8H18Si.C5H5.2ClH.Zr/c1-3-7-12-10(5-1)9-11-6-2-4-8-13(11)12;1-3-5-7-9-8-6-4-2;1-2-4-5-3-1;;;/h1-5,7-8H,9H2;3-8H2,1-2H3;1-3H,4H2;2*1H;/q-1;;-1;;;+2/p-2. The second-order valence-electron chi connectivity index (χ2n) is 7.21. The van der Waals surface area contributed by atoms with Gasteiger partial charge in [-0.2, -0.15) is 35.9 Å². The molecule has 0 saturated carbocycles. The van der Waals surface area contributed by atoms with Crippen LogP contribution in [0.25, 0.3) is 11.1 Å². The molecule has 2 aliphatic carbocycles. The summed E-state index contributed by atoms with van der Waals surface area (Å²) in [5.74, 6) is 0. The van der Waals surface area contributed by atoms with Gasteiger partial charge in [-0.3, -0.25) is 6.08 Å². The maximum atomic E-state index is 3.30. The van der Waals surface area contributed by atoms with Gasteiger partial charge in [0.05, 0.1) is 0 Å². The summed E-state index contributed by atoms with van der Waals surface area (Å²) in [4.78, 5) is 0. The average molecular weight is 535 g/mol. The van der Waals surface area contributed by atoms with E-state index in [1.165, 1.54) is 47.9 Å². The first-order valence-corrected chi connectivity index (χ1v) is 16.2. The Hall–Kier alpha value is -0.400. The zero-order valence-electron chi connectivity index (χ0n) is 18.2. The van der Waals surface area contributed by atoms with Gasteiger partial charge in [0.15, 0.2) is 0 Å². The Bertz CT molecular complexity index is 736. The second-order valence-corrected chi connectivity index (χ2v) is 14.6. The first-order valence-electron chi connectivity index (χ1n) is 10.6. The third-order valence-electron chi connectivity index (χ3n) is 4.87. The van der Waals surface area contributed by atoms with Gasteiger partial charge in [-0.15, -0.1) is 12.0 Å². The minimum atomic E-state index is 0. The molecule has 0 aliphatic heterocycles. The van der Waals surface area contributed by atoms with Gasteiger partial charge in [-0.05, 0) is 6.42 Å². The number of fused-ring (bicyclic) bond motifs is 3. The van der Waals surface area contributed by atoms with Crippen LogP contribution in [0, 0.1) is 12.1 Å². The number of hydrogen-bond acceptors (Lipinski definition) is 0. The number of benzene rings is 2. The minimum absolute atomic E-state index is 0. The van der Waals surface area contributed by atoms with Gasteiger partial charge in [-0.1, -0.05) is 35.4 Å². The molecule has 4 rings (SSSR count). The van der Waals surface area contributed by atoms with E-state index in [4.69, 9.17) is 0 Å². The molecular formula is C26H32Cl2SiZr-2. The van der Waals surface area contributed by atoms with Gasteiger partial charge >= 0.3 is 80.4 Å². The Morgan fingerprint density at radius 2 is 1.60 bits per heavy atom. The van der Waals surface area contributed by atoms with E-state index in [9.17, 15) is 0 Å². The van der Waals surface area contributed by atoms with Crippen LogP contribution in [0.1, 0.15) is 57.1 Å². The van der Waals surface area contributed by atoms with Crippen molar-refractivity contribution in [2.45, 2.75) is 64.5 Å². The van der Waals surface area contributed by atoms with E-state index in [0.29, 0.717) is 0 Å². The van der Waals surface area contributed by atoms with E-state index < -0.39 is 0 Å². The molecule has 4 heteroatoms. The van der Waals surface area contributed by atoms with Crippen molar-refractivity contribution in [3.05, 3.63) is 84.0 Å². The van der Waals surface area contributed by atoms with Crippen molar-refractivity contribution in [2.24, 2.45) is 0 Å². The topological polar surface area (TPSA) is 0 Å². The van der Waals surface area contributed by atoms with Gasteiger partial charge in [0, 0.05) is 0 Å². The Balaban J connectivity index is 0.000000444. The molecule has 30 heavy (non-hydrogen) atoms. The molecule has 0 atom stereocenters. The summed E-state index contributed by atoms with van der Waals surface area (Å²) >= 11 is 1.86. The Morgan fingerprint density at radius 3 is 2.17 bits per heavy atom. The van der Waals surface area contributed by atoms with Crippen molar-refractivity contribution in [1.29, 1.82) is 0 Å². The van der Waals surface area contributed by atoms with E-state index in [2.05, 4.69) is 68.5 Å². The molecule has 2 aromatic carbocycles. The molecule has 0 N–H and O–H groups in total. The third kappa shape index (κ3) is 10.8. The Labute approximate surface area is 211 Å². The molecule has 2 aromatic rings.